The number of aryl methyl sites for hydroxylation is 2. The fourth-order valence-corrected chi connectivity index (χ4v) is 3.45. The summed E-state index contributed by atoms with van der Waals surface area (Å²) in [7, 11) is 0. The molecule has 25 heavy (non-hydrogen) atoms. The van der Waals surface area contributed by atoms with Crippen molar-refractivity contribution in [3.63, 3.8) is 0 Å². The fourth-order valence-electron chi connectivity index (χ4n) is 2.74. The number of carbonyl (C=O) groups is 1. The second-order valence-corrected chi connectivity index (χ2v) is 6.99. The van der Waals surface area contributed by atoms with Gasteiger partial charge in [-0.1, -0.05) is 29.8 Å². The van der Waals surface area contributed by atoms with Crippen LogP contribution >= 0.6 is 11.3 Å². The van der Waals surface area contributed by atoms with E-state index in [1.165, 1.54) is 0 Å². The molecule has 0 unspecified atom stereocenters. The van der Waals surface area contributed by atoms with Gasteiger partial charge in [0.1, 0.15) is 17.2 Å². The molecule has 0 saturated carbocycles. The number of thiophene rings is 1. The maximum atomic E-state index is 12.7. The molecular formula is C20H17N3OS. The van der Waals surface area contributed by atoms with Gasteiger partial charge in [-0.15, -0.1) is 11.3 Å². The number of rotatable bonds is 3. The molecule has 4 aromatic rings. The summed E-state index contributed by atoms with van der Waals surface area (Å²) in [6.45, 7) is 4.03. The Kier molecular flexibility index (Phi) is 3.86. The van der Waals surface area contributed by atoms with Crippen molar-refractivity contribution in [3.05, 3.63) is 76.8 Å². The van der Waals surface area contributed by atoms with Gasteiger partial charge in [-0.25, -0.2) is 4.98 Å². The van der Waals surface area contributed by atoms with Gasteiger partial charge in [-0.3, -0.25) is 9.20 Å². The highest BCUT2D eigenvalue weighted by atomic mass is 32.1. The Morgan fingerprint density at radius 3 is 2.52 bits per heavy atom. The van der Waals surface area contributed by atoms with Crippen molar-refractivity contribution >= 4 is 28.7 Å². The van der Waals surface area contributed by atoms with Crippen LogP contribution in [0.1, 0.15) is 21.5 Å². The summed E-state index contributed by atoms with van der Waals surface area (Å²) in [6.07, 6.45) is 1.99. The maximum Gasteiger partial charge on any atom is 0.256 e. The Morgan fingerprint density at radius 2 is 1.80 bits per heavy atom. The summed E-state index contributed by atoms with van der Waals surface area (Å²) in [4.78, 5) is 18.5. The smallest absolute Gasteiger partial charge is 0.256 e. The number of hydrogen-bond acceptors (Lipinski definition) is 3. The van der Waals surface area contributed by atoms with Crippen molar-refractivity contribution in [2.75, 3.05) is 5.32 Å². The zero-order valence-electron chi connectivity index (χ0n) is 14.0. The zero-order chi connectivity index (χ0) is 17.4. The van der Waals surface area contributed by atoms with Gasteiger partial charge in [0.15, 0.2) is 0 Å². The van der Waals surface area contributed by atoms with Crippen molar-refractivity contribution in [2.45, 2.75) is 13.8 Å². The third-order valence-electron chi connectivity index (χ3n) is 4.07. The maximum absolute atomic E-state index is 12.7. The first kappa shape index (κ1) is 15.6. The number of aromatic nitrogens is 2. The van der Waals surface area contributed by atoms with Crippen LogP contribution in [0.25, 0.3) is 16.2 Å². The van der Waals surface area contributed by atoms with Crippen molar-refractivity contribution in [3.8, 4) is 10.6 Å². The summed E-state index contributed by atoms with van der Waals surface area (Å²) in [5.41, 5.74) is 4.47. The van der Waals surface area contributed by atoms with Gasteiger partial charge in [0, 0.05) is 11.8 Å². The van der Waals surface area contributed by atoms with E-state index in [-0.39, 0.29) is 5.91 Å². The number of nitrogens with one attached hydrogen (secondary N) is 1. The molecule has 3 heterocycles. The monoisotopic (exact) mass is 347 g/mol. The number of pyridine rings is 1. The number of carbonyl (C=O) groups excluding carboxylic acids is 1. The van der Waals surface area contributed by atoms with Gasteiger partial charge in [-0.2, -0.15) is 0 Å². The second kappa shape index (κ2) is 6.18. The van der Waals surface area contributed by atoms with E-state index in [1.54, 1.807) is 11.3 Å². The summed E-state index contributed by atoms with van der Waals surface area (Å²) < 4.78 is 1.94. The lowest BCUT2D eigenvalue weighted by Gasteiger charge is -2.08. The molecule has 4 rings (SSSR count). The topological polar surface area (TPSA) is 46.4 Å². The number of imidazole rings is 1. The highest BCUT2D eigenvalue weighted by Gasteiger charge is 2.18. The average molecular weight is 347 g/mol. The molecule has 124 valence electrons. The van der Waals surface area contributed by atoms with E-state index in [0.29, 0.717) is 11.4 Å². The van der Waals surface area contributed by atoms with E-state index in [2.05, 4.69) is 5.32 Å². The average Bonchev–Trinajstić information content (AvgIpc) is 3.24. The van der Waals surface area contributed by atoms with Crippen molar-refractivity contribution in [2.24, 2.45) is 0 Å². The number of anilines is 1. The summed E-state index contributed by atoms with van der Waals surface area (Å²) in [6, 6.07) is 15.5. The highest BCUT2D eigenvalue weighted by molar-refractivity contribution is 7.13. The van der Waals surface area contributed by atoms with Crippen LogP contribution in [0.2, 0.25) is 0 Å². The Hall–Kier alpha value is -2.92. The molecule has 3 aromatic heterocycles. The lowest BCUT2D eigenvalue weighted by Crippen LogP contribution is -2.14. The Bertz CT molecular complexity index is 1050. The van der Waals surface area contributed by atoms with Crippen LogP contribution in [0.3, 0.4) is 0 Å². The van der Waals surface area contributed by atoms with E-state index in [1.807, 2.05) is 78.4 Å². The minimum atomic E-state index is -0.138. The molecule has 4 nitrogen and oxygen atoms in total. The SMILES string of the molecule is Cc1ccc(C(=O)Nc2c(-c3cccs3)nc3ccc(C)cn23)cc1. The van der Waals surface area contributed by atoms with Crippen LogP contribution in [-0.4, -0.2) is 15.3 Å². The lowest BCUT2D eigenvalue weighted by atomic mass is 10.1. The summed E-state index contributed by atoms with van der Waals surface area (Å²) in [5, 5.41) is 5.06. The molecule has 0 aliphatic rings. The normalized spacial score (nSPS) is 11.0. The van der Waals surface area contributed by atoms with Crippen LogP contribution in [0.5, 0.6) is 0 Å². The molecule has 0 aliphatic heterocycles. The van der Waals surface area contributed by atoms with E-state index in [0.717, 1.165) is 27.3 Å². The number of nitrogens with zero attached hydrogens (tertiary/aromatic N) is 2. The van der Waals surface area contributed by atoms with Crippen molar-refractivity contribution < 1.29 is 4.79 Å². The van der Waals surface area contributed by atoms with Gasteiger partial charge < -0.3 is 5.32 Å². The molecule has 5 heteroatoms. The first-order valence-corrected chi connectivity index (χ1v) is 8.90. The van der Waals surface area contributed by atoms with Gasteiger partial charge >= 0.3 is 0 Å². The third kappa shape index (κ3) is 2.94. The predicted molar refractivity (Wildman–Crippen MR) is 102 cm³/mol. The van der Waals surface area contributed by atoms with Gasteiger partial charge in [0.2, 0.25) is 0 Å². The van der Waals surface area contributed by atoms with E-state index < -0.39 is 0 Å². The van der Waals surface area contributed by atoms with Crippen molar-refractivity contribution in [1.82, 2.24) is 9.38 Å². The Labute approximate surface area is 149 Å². The molecule has 0 bridgehead atoms. The highest BCUT2D eigenvalue weighted by Crippen LogP contribution is 2.32. The molecule has 1 N–H and O–H groups in total. The first-order valence-electron chi connectivity index (χ1n) is 8.02. The molecule has 0 spiro atoms. The second-order valence-electron chi connectivity index (χ2n) is 6.04. The largest absolute Gasteiger partial charge is 0.306 e. The molecular weight excluding hydrogens is 330 g/mol. The molecule has 0 aliphatic carbocycles. The number of amides is 1. The van der Waals surface area contributed by atoms with Gasteiger partial charge in [0.05, 0.1) is 4.88 Å². The zero-order valence-corrected chi connectivity index (χ0v) is 14.8. The predicted octanol–water partition coefficient (Wildman–Crippen LogP) is 4.93. The van der Waals surface area contributed by atoms with Crippen LogP contribution < -0.4 is 5.32 Å². The Balaban J connectivity index is 1.81. The number of hydrogen-bond donors (Lipinski definition) is 1. The van der Waals surface area contributed by atoms with Crippen LogP contribution in [0.15, 0.2) is 60.1 Å². The van der Waals surface area contributed by atoms with Crippen molar-refractivity contribution in [1.29, 1.82) is 0 Å². The third-order valence-corrected chi connectivity index (χ3v) is 4.94. The van der Waals surface area contributed by atoms with Crippen LogP contribution in [-0.2, 0) is 0 Å². The Morgan fingerprint density at radius 1 is 1.04 bits per heavy atom. The molecule has 0 saturated heterocycles. The van der Waals surface area contributed by atoms with Gasteiger partial charge in [-0.05, 0) is 49.1 Å². The molecule has 1 amide bonds. The lowest BCUT2D eigenvalue weighted by molar-refractivity contribution is 0.102. The standard InChI is InChI=1S/C20H17N3OS/c1-13-5-8-15(9-6-13)20(24)22-19-18(16-4-3-11-25-16)21-17-10-7-14(2)12-23(17)19/h3-12H,1-2H3,(H,22,24). The van der Waals surface area contributed by atoms with E-state index in [4.69, 9.17) is 4.98 Å². The molecule has 0 radical (unpaired) electrons. The summed E-state index contributed by atoms with van der Waals surface area (Å²) >= 11 is 1.61. The summed E-state index contributed by atoms with van der Waals surface area (Å²) in [5.74, 6) is 0.563. The van der Waals surface area contributed by atoms with Crippen LogP contribution in [0.4, 0.5) is 5.82 Å². The molecule has 0 atom stereocenters. The number of benzene rings is 1. The quantitative estimate of drug-likeness (QED) is 0.571. The minimum absolute atomic E-state index is 0.138. The van der Waals surface area contributed by atoms with Crippen LogP contribution in [0, 0.1) is 13.8 Å². The first-order chi connectivity index (χ1) is 12.1. The molecule has 0 fully saturated rings. The van der Waals surface area contributed by atoms with Gasteiger partial charge in [0.25, 0.3) is 5.91 Å². The van der Waals surface area contributed by atoms with E-state index in [9.17, 15) is 4.79 Å². The molecule has 1 aromatic carbocycles. The van der Waals surface area contributed by atoms with E-state index >= 15 is 0 Å². The number of fused-ring (bicyclic) bond motifs is 1. The fraction of sp³-hybridized carbons (Fsp3) is 0.100. The minimum Gasteiger partial charge on any atom is -0.306 e.